The molecule has 164 valence electrons. The number of carbonyl (C=O) groups is 1. The number of rotatable bonds is 5. The third-order valence-corrected chi connectivity index (χ3v) is 5.88. The van der Waals surface area contributed by atoms with Gasteiger partial charge in [0.15, 0.2) is 5.16 Å². The van der Waals surface area contributed by atoms with Crippen molar-refractivity contribution in [3.8, 4) is 11.8 Å². The van der Waals surface area contributed by atoms with Gasteiger partial charge in [-0.05, 0) is 55.5 Å². The van der Waals surface area contributed by atoms with E-state index in [-0.39, 0.29) is 22.1 Å². The molecule has 1 heterocycles. The summed E-state index contributed by atoms with van der Waals surface area (Å²) in [5.41, 5.74) is 0.652. The summed E-state index contributed by atoms with van der Waals surface area (Å²) in [7, 11) is 0. The van der Waals surface area contributed by atoms with Crippen molar-refractivity contribution in [1.29, 1.82) is 5.26 Å². The van der Waals surface area contributed by atoms with E-state index in [1.807, 2.05) is 6.07 Å². The van der Waals surface area contributed by atoms with Crippen molar-refractivity contribution in [3.63, 3.8) is 0 Å². The number of anilines is 1. The highest BCUT2D eigenvalue weighted by molar-refractivity contribution is 8.00. The molecule has 0 aliphatic carbocycles. The number of thioether (sulfide) groups is 1. The summed E-state index contributed by atoms with van der Waals surface area (Å²) in [5.74, 6) is -2.08. The van der Waals surface area contributed by atoms with Crippen LogP contribution in [0.25, 0.3) is 16.6 Å². The van der Waals surface area contributed by atoms with Crippen LogP contribution >= 0.6 is 11.8 Å². The average Bonchev–Trinajstić information content (AvgIpc) is 2.80. The molecule has 0 aliphatic rings. The standard InChI is InChI=1S/C24H16F2N4O2S/c1-14(22(31)28-17-9-6-15(13-27)7-10-17)33-24-29-20-5-3-2-4-18(20)23(32)30(24)21-11-8-16(25)12-19(21)26/h2-12,14H,1H3,(H,28,31). The van der Waals surface area contributed by atoms with Gasteiger partial charge in [0.25, 0.3) is 5.56 Å². The smallest absolute Gasteiger partial charge is 0.266 e. The fourth-order valence-corrected chi connectivity index (χ4v) is 4.07. The molecule has 6 nitrogen and oxygen atoms in total. The Morgan fingerprint density at radius 2 is 1.85 bits per heavy atom. The molecule has 33 heavy (non-hydrogen) atoms. The number of nitrogens with one attached hydrogen (secondary N) is 1. The number of carbonyl (C=O) groups excluding carboxylic acids is 1. The summed E-state index contributed by atoms with van der Waals surface area (Å²) in [6.45, 7) is 1.62. The van der Waals surface area contributed by atoms with Crippen molar-refractivity contribution in [1.82, 2.24) is 9.55 Å². The first-order valence-electron chi connectivity index (χ1n) is 9.82. The molecule has 0 spiro atoms. The predicted molar refractivity (Wildman–Crippen MR) is 122 cm³/mol. The Balaban J connectivity index is 1.72. The zero-order chi connectivity index (χ0) is 23.5. The van der Waals surface area contributed by atoms with E-state index in [9.17, 15) is 18.4 Å². The van der Waals surface area contributed by atoms with Crippen LogP contribution < -0.4 is 10.9 Å². The van der Waals surface area contributed by atoms with E-state index in [4.69, 9.17) is 5.26 Å². The van der Waals surface area contributed by atoms with Crippen LogP contribution in [0.3, 0.4) is 0 Å². The van der Waals surface area contributed by atoms with Crippen LogP contribution in [0.5, 0.6) is 0 Å². The molecule has 0 bridgehead atoms. The van der Waals surface area contributed by atoms with E-state index in [1.54, 1.807) is 55.5 Å². The van der Waals surface area contributed by atoms with Crippen LogP contribution in [-0.2, 0) is 4.79 Å². The van der Waals surface area contributed by atoms with E-state index < -0.39 is 22.4 Å². The number of benzene rings is 3. The van der Waals surface area contributed by atoms with Gasteiger partial charge in [0.2, 0.25) is 5.91 Å². The minimum absolute atomic E-state index is 0.0895. The second kappa shape index (κ2) is 9.22. The second-order valence-electron chi connectivity index (χ2n) is 7.09. The number of nitrogens with zero attached hydrogens (tertiary/aromatic N) is 3. The van der Waals surface area contributed by atoms with Gasteiger partial charge in [0.05, 0.1) is 33.5 Å². The lowest BCUT2D eigenvalue weighted by atomic mass is 10.2. The first-order chi connectivity index (χ1) is 15.9. The monoisotopic (exact) mass is 462 g/mol. The third-order valence-electron chi connectivity index (χ3n) is 4.83. The number of nitriles is 1. The molecule has 0 radical (unpaired) electrons. The maximum absolute atomic E-state index is 14.6. The van der Waals surface area contributed by atoms with Gasteiger partial charge in [-0.3, -0.25) is 14.2 Å². The largest absolute Gasteiger partial charge is 0.325 e. The lowest BCUT2D eigenvalue weighted by Crippen LogP contribution is -2.26. The normalized spacial score (nSPS) is 11.7. The van der Waals surface area contributed by atoms with Gasteiger partial charge in [0, 0.05) is 11.8 Å². The van der Waals surface area contributed by atoms with Crippen LogP contribution in [0.4, 0.5) is 14.5 Å². The molecule has 0 aliphatic heterocycles. The molecule has 1 amide bonds. The average molecular weight is 462 g/mol. The number of halogens is 2. The SMILES string of the molecule is CC(Sc1nc2ccccc2c(=O)n1-c1ccc(F)cc1F)C(=O)Nc1ccc(C#N)cc1. The minimum atomic E-state index is -0.925. The molecule has 3 aromatic carbocycles. The first kappa shape index (κ1) is 22.2. The Kier molecular flexibility index (Phi) is 6.20. The molecule has 4 rings (SSSR count). The second-order valence-corrected chi connectivity index (χ2v) is 8.39. The lowest BCUT2D eigenvalue weighted by Gasteiger charge is -2.17. The Hall–Kier alpha value is -4.03. The van der Waals surface area contributed by atoms with E-state index in [2.05, 4.69) is 10.3 Å². The molecule has 0 saturated carbocycles. The van der Waals surface area contributed by atoms with Crippen LogP contribution in [0.2, 0.25) is 0 Å². The van der Waals surface area contributed by atoms with Crippen molar-refractivity contribution in [2.24, 2.45) is 0 Å². The van der Waals surface area contributed by atoms with Crippen molar-refractivity contribution in [3.05, 3.63) is 94.3 Å². The molecule has 4 aromatic rings. The summed E-state index contributed by atoms with van der Waals surface area (Å²) in [6.07, 6.45) is 0. The number of hydrogen-bond donors (Lipinski definition) is 1. The number of aromatic nitrogens is 2. The summed E-state index contributed by atoms with van der Waals surface area (Å²) in [5, 5.41) is 11.3. The van der Waals surface area contributed by atoms with Crippen molar-refractivity contribution in [2.45, 2.75) is 17.3 Å². The summed E-state index contributed by atoms with van der Waals surface area (Å²) in [4.78, 5) is 30.4. The molecule has 1 atom stereocenters. The zero-order valence-corrected chi connectivity index (χ0v) is 18.1. The number of para-hydroxylation sites is 1. The highest BCUT2D eigenvalue weighted by Gasteiger charge is 2.22. The van der Waals surface area contributed by atoms with Crippen molar-refractivity contribution >= 4 is 34.3 Å². The van der Waals surface area contributed by atoms with Gasteiger partial charge < -0.3 is 5.32 Å². The summed E-state index contributed by atoms with van der Waals surface area (Å²) in [6, 6.07) is 17.9. The minimum Gasteiger partial charge on any atom is -0.325 e. The summed E-state index contributed by atoms with van der Waals surface area (Å²) >= 11 is 0.969. The fraction of sp³-hybridized carbons (Fsp3) is 0.0833. The number of amides is 1. The van der Waals surface area contributed by atoms with Gasteiger partial charge >= 0.3 is 0 Å². The molecule has 1 aromatic heterocycles. The first-order valence-corrected chi connectivity index (χ1v) is 10.7. The molecule has 0 fully saturated rings. The van der Waals surface area contributed by atoms with E-state index >= 15 is 0 Å². The topological polar surface area (TPSA) is 87.8 Å². The van der Waals surface area contributed by atoms with Gasteiger partial charge in [-0.2, -0.15) is 5.26 Å². The Morgan fingerprint density at radius 1 is 1.12 bits per heavy atom. The Labute approximate surface area is 191 Å². The third kappa shape index (κ3) is 4.61. The molecule has 1 N–H and O–H groups in total. The van der Waals surface area contributed by atoms with E-state index in [0.29, 0.717) is 22.8 Å². The molecular formula is C24H16F2N4O2S. The van der Waals surface area contributed by atoms with E-state index in [0.717, 1.165) is 28.5 Å². The molecule has 9 heteroatoms. The zero-order valence-electron chi connectivity index (χ0n) is 17.3. The number of hydrogen-bond acceptors (Lipinski definition) is 5. The van der Waals surface area contributed by atoms with Gasteiger partial charge in [-0.25, -0.2) is 13.8 Å². The highest BCUT2D eigenvalue weighted by atomic mass is 32.2. The van der Waals surface area contributed by atoms with Crippen LogP contribution in [-0.4, -0.2) is 20.7 Å². The molecular weight excluding hydrogens is 446 g/mol. The number of fused-ring (bicyclic) bond motifs is 1. The predicted octanol–water partition coefficient (Wildman–Crippen LogP) is 4.65. The maximum atomic E-state index is 14.6. The highest BCUT2D eigenvalue weighted by Crippen LogP contribution is 2.27. The van der Waals surface area contributed by atoms with Gasteiger partial charge in [-0.1, -0.05) is 23.9 Å². The van der Waals surface area contributed by atoms with Crippen molar-refractivity contribution in [2.75, 3.05) is 5.32 Å². The van der Waals surface area contributed by atoms with E-state index in [1.165, 1.54) is 0 Å². The lowest BCUT2D eigenvalue weighted by molar-refractivity contribution is -0.115. The Bertz CT molecular complexity index is 1460. The van der Waals surface area contributed by atoms with Crippen LogP contribution in [0.1, 0.15) is 12.5 Å². The maximum Gasteiger partial charge on any atom is 0.266 e. The van der Waals surface area contributed by atoms with Crippen molar-refractivity contribution < 1.29 is 13.6 Å². The van der Waals surface area contributed by atoms with Gasteiger partial charge in [0.1, 0.15) is 11.6 Å². The van der Waals surface area contributed by atoms with Crippen LogP contribution in [0, 0.1) is 23.0 Å². The molecule has 1 unspecified atom stereocenters. The quantitative estimate of drug-likeness (QED) is 0.344. The fourth-order valence-electron chi connectivity index (χ4n) is 3.15. The Morgan fingerprint density at radius 3 is 2.55 bits per heavy atom. The summed E-state index contributed by atoms with van der Waals surface area (Å²) < 4.78 is 29.1. The molecule has 0 saturated heterocycles. The van der Waals surface area contributed by atoms with Crippen LogP contribution in [0.15, 0.2) is 76.7 Å². The van der Waals surface area contributed by atoms with Gasteiger partial charge in [-0.15, -0.1) is 0 Å².